The molecule has 1 fully saturated rings. The molecule has 1 aliphatic rings. The normalized spacial score (nSPS) is 26.2. The minimum atomic E-state index is -2.23. The highest BCUT2D eigenvalue weighted by Crippen LogP contribution is 2.45. The van der Waals surface area contributed by atoms with E-state index in [1.54, 1.807) is 12.3 Å². The quantitative estimate of drug-likeness (QED) is 0.654. The molecular formula is C21H40N2O5Si2. The van der Waals surface area contributed by atoms with Crippen LogP contribution in [0.25, 0.3) is 0 Å². The third kappa shape index (κ3) is 5.13. The van der Waals surface area contributed by atoms with E-state index in [4.69, 9.17) is 13.6 Å². The zero-order chi connectivity index (χ0) is 23.1. The Balaban J connectivity index is 2.53. The molecule has 1 aromatic heterocycles. The van der Waals surface area contributed by atoms with Gasteiger partial charge in [-0.25, -0.2) is 9.78 Å². The van der Waals surface area contributed by atoms with Crippen molar-refractivity contribution in [1.29, 1.82) is 0 Å². The van der Waals surface area contributed by atoms with E-state index in [9.17, 15) is 9.90 Å². The Morgan fingerprint density at radius 3 is 1.97 bits per heavy atom. The van der Waals surface area contributed by atoms with Crippen LogP contribution in [0, 0.1) is 0 Å². The van der Waals surface area contributed by atoms with Crippen LogP contribution in [0.3, 0.4) is 0 Å². The highest BCUT2D eigenvalue weighted by Gasteiger charge is 2.54. The Morgan fingerprint density at radius 2 is 1.53 bits per heavy atom. The second-order valence-electron chi connectivity index (χ2n) is 11.2. The summed E-state index contributed by atoms with van der Waals surface area (Å²) in [6.07, 6.45) is 0.856. The van der Waals surface area contributed by atoms with Crippen molar-refractivity contribution in [1.82, 2.24) is 9.55 Å². The molecule has 172 valence electrons. The summed E-state index contributed by atoms with van der Waals surface area (Å²) < 4.78 is 21.2. The van der Waals surface area contributed by atoms with Gasteiger partial charge in [0.2, 0.25) is 0 Å². The first-order valence-electron chi connectivity index (χ1n) is 10.7. The van der Waals surface area contributed by atoms with E-state index in [1.165, 1.54) is 10.8 Å². The van der Waals surface area contributed by atoms with Crippen LogP contribution < -0.4 is 5.69 Å². The van der Waals surface area contributed by atoms with Gasteiger partial charge >= 0.3 is 5.69 Å². The van der Waals surface area contributed by atoms with Crippen LogP contribution in [0.5, 0.6) is 0 Å². The fraction of sp³-hybridized carbons (Fsp3) is 0.810. The van der Waals surface area contributed by atoms with Gasteiger partial charge in [0.05, 0.1) is 6.61 Å². The van der Waals surface area contributed by atoms with Crippen LogP contribution in [0.4, 0.5) is 0 Å². The van der Waals surface area contributed by atoms with Crippen molar-refractivity contribution in [3.8, 4) is 0 Å². The Hall–Kier alpha value is -0.846. The Bertz CT molecular complexity index is 783. The monoisotopic (exact) mass is 456 g/mol. The molecule has 2 heterocycles. The van der Waals surface area contributed by atoms with E-state index in [1.807, 2.05) is 0 Å². The summed E-state index contributed by atoms with van der Waals surface area (Å²) >= 11 is 0. The molecular weight excluding hydrogens is 416 g/mol. The molecule has 4 atom stereocenters. The first-order valence-corrected chi connectivity index (χ1v) is 16.5. The second kappa shape index (κ2) is 8.59. The third-order valence-electron chi connectivity index (χ3n) is 6.95. The summed E-state index contributed by atoms with van der Waals surface area (Å²) in [6.45, 7) is 21.5. The predicted molar refractivity (Wildman–Crippen MR) is 124 cm³/mol. The molecule has 2 rings (SSSR count). The molecule has 1 N–H and O–H groups in total. The second-order valence-corrected chi connectivity index (χ2v) is 20.8. The maximum absolute atomic E-state index is 12.5. The maximum atomic E-state index is 12.5. The van der Waals surface area contributed by atoms with E-state index in [-0.39, 0.29) is 16.7 Å². The number of aliphatic hydroxyl groups is 1. The van der Waals surface area contributed by atoms with E-state index in [0.29, 0.717) is 0 Å². The zero-order valence-corrected chi connectivity index (χ0v) is 22.2. The number of ether oxygens (including phenoxy) is 1. The van der Waals surface area contributed by atoms with Gasteiger partial charge in [0, 0.05) is 12.4 Å². The lowest BCUT2D eigenvalue weighted by atomic mass is 10.1. The predicted octanol–water partition coefficient (Wildman–Crippen LogP) is 3.91. The molecule has 9 heteroatoms. The van der Waals surface area contributed by atoms with Crippen LogP contribution in [0.15, 0.2) is 23.3 Å². The first kappa shape index (κ1) is 25.4. The van der Waals surface area contributed by atoms with E-state index >= 15 is 0 Å². The average Bonchev–Trinajstić information content (AvgIpc) is 2.90. The number of hydrogen-bond acceptors (Lipinski definition) is 6. The van der Waals surface area contributed by atoms with Gasteiger partial charge in [-0.3, -0.25) is 4.57 Å². The van der Waals surface area contributed by atoms with Gasteiger partial charge in [-0.05, 0) is 42.3 Å². The van der Waals surface area contributed by atoms with Crippen molar-refractivity contribution < 1.29 is 18.7 Å². The zero-order valence-electron chi connectivity index (χ0n) is 20.2. The van der Waals surface area contributed by atoms with Crippen molar-refractivity contribution in [2.45, 2.75) is 102 Å². The van der Waals surface area contributed by atoms with Crippen molar-refractivity contribution in [3.63, 3.8) is 0 Å². The highest BCUT2D eigenvalue weighted by atomic mass is 28.4. The molecule has 0 bridgehead atoms. The van der Waals surface area contributed by atoms with Crippen molar-refractivity contribution in [3.05, 3.63) is 28.9 Å². The lowest BCUT2D eigenvalue weighted by Crippen LogP contribution is -2.54. The number of aromatic nitrogens is 2. The summed E-state index contributed by atoms with van der Waals surface area (Å²) in [4.78, 5) is 16.4. The molecule has 0 amide bonds. The van der Waals surface area contributed by atoms with E-state index < -0.39 is 46.9 Å². The molecule has 1 aromatic rings. The van der Waals surface area contributed by atoms with Gasteiger partial charge in [0.15, 0.2) is 22.9 Å². The number of rotatable bonds is 6. The SMILES string of the molecule is CC(C)(C)[Si](C)(C)OC1C(O[Si](C)(C)C(C)(C)C)[C@@H](CO)O[C@H]1n1cccnc1=O. The van der Waals surface area contributed by atoms with Gasteiger partial charge in [-0.1, -0.05) is 41.5 Å². The summed E-state index contributed by atoms with van der Waals surface area (Å²) in [5.41, 5.74) is -0.406. The van der Waals surface area contributed by atoms with E-state index in [0.717, 1.165) is 0 Å². The third-order valence-corrected chi connectivity index (χ3v) is 15.9. The van der Waals surface area contributed by atoms with Crippen LogP contribution in [-0.4, -0.2) is 56.2 Å². The Kier molecular flexibility index (Phi) is 7.28. The van der Waals surface area contributed by atoms with Crippen molar-refractivity contribution >= 4 is 16.6 Å². The number of hydrogen-bond donors (Lipinski definition) is 1. The molecule has 1 saturated heterocycles. The van der Waals surface area contributed by atoms with Crippen LogP contribution >= 0.6 is 0 Å². The fourth-order valence-corrected chi connectivity index (χ4v) is 5.55. The molecule has 0 spiro atoms. The van der Waals surface area contributed by atoms with Gasteiger partial charge in [-0.2, -0.15) is 0 Å². The minimum absolute atomic E-state index is 0.0161. The van der Waals surface area contributed by atoms with Crippen LogP contribution in [0.1, 0.15) is 47.8 Å². The van der Waals surface area contributed by atoms with Gasteiger partial charge in [0.1, 0.15) is 18.3 Å². The van der Waals surface area contributed by atoms with Gasteiger partial charge < -0.3 is 18.7 Å². The van der Waals surface area contributed by atoms with Crippen molar-refractivity contribution in [2.24, 2.45) is 0 Å². The number of nitrogens with zero attached hydrogens (tertiary/aromatic N) is 2. The minimum Gasteiger partial charge on any atom is -0.408 e. The highest BCUT2D eigenvalue weighted by molar-refractivity contribution is 6.74. The maximum Gasteiger partial charge on any atom is 0.349 e. The largest absolute Gasteiger partial charge is 0.408 e. The van der Waals surface area contributed by atoms with Crippen LogP contribution in [0.2, 0.25) is 36.3 Å². The average molecular weight is 457 g/mol. The van der Waals surface area contributed by atoms with E-state index in [2.05, 4.69) is 72.7 Å². The molecule has 7 nitrogen and oxygen atoms in total. The molecule has 0 aromatic carbocycles. The molecule has 1 aliphatic heterocycles. The Morgan fingerprint density at radius 1 is 1.03 bits per heavy atom. The summed E-state index contributed by atoms with van der Waals surface area (Å²) in [6, 6.07) is 1.70. The summed E-state index contributed by atoms with van der Waals surface area (Å²) in [5.74, 6) is 0. The number of aliphatic hydroxyl groups excluding tert-OH is 1. The first-order chi connectivity index (χ1) is 13.5. The van der Waals surface area contributed by atoms with Crippen molar-refractivity contribution in [2.75, 3.05) is 6.61 Å². The topological polar surface area (TPSA) is 82.8 Å². The summed E-state index contributed by atoms with van der Waals surface area (Å²) in [5, 5.41) is 10.1. The lowest BCUT2D eigenvalue weighted by molar-refractivity contribution is -0.0529. The van der Waals surface area contributed by atoms with Crippen LogP contribution in [-0.2, 0) is 13.6 Å². The van der Waals surface area contributed by atoms with Gasteiger partial charge in [-0.15, -0.1) is 0 Å². The fourth-order valence-electron chi connectivity index (χ4n) is 2.94. The standard InChI is InChI=1S/C21H40N2O5Si2/c1-20(2,3)29(7,8)27-16-15(14-24)26-18(23-13-11-12-22-19(23)25)17(16)28-30(9,10)21(4,5)6/h11-13,15-18,24H,14H2,1-10H3/t15-,16?,17?,18-/m1/s1. The van der Waals surface area contributed by atoms with Gasteiger partial charge in [0.25, 0.3) is 0 Å². The molecule has 0 saturated carbocycles. The lowest BCUT2D eigenvalue weighted by Gasteiger charge is -2.44. The Labute approximate surface area is 183 Å². The molecule has 0 aliphatic carbocycles. The summed E-state index contributed by atoms with van der Waals surface area (Å²) in [7, 11) is -4.42. The smallest absolute Gasteiger partial charge is 0.349 e. The molecule has 30 heavy (non-hydrogen) atoms. The molecule has 0 radical (unpaired) electrons. The molecule has 2 unspecified atom stereocenters.